The Hall–Kier alpha value is -0.483. The second-order valence-electron chi connectivity index (χ2n) is 5.86. The number of nitrogens with two attached hydrogens (primary N) is 1. The summed E-state index contributed by atoms with van der Waals surface area (Å²) in [5.41, 5.74) is 0.363. The molecule has 4 heteroatoms. The van der Waals surface area contributed by atoms with Crippen molar-refractivity contribution in [3.63, 3.8) is 0 Å². The van der Waals surface area contributed by atoms with Crippen LogP contribution < -0.4 is 5.40 Å². The van der Waals surface area contributed by atoms with Crippen LogP contribution in [0.25, 0.3) is 0 Å². The number of hydrogen-bond acceptors (Lipinski definition) is 3. The first-order valence-corrected chi connectivity index (χ1v) is 7.97. The maximum Gasteiger partial charge on any atom is 0.327 e. The van der Waals surface area contributed by atoms with E-state index in [2.05, 4.69) is 63.1 Å². The van der Waals surface area contributed by atoms with Gasteiger partial charge in [-0.05, 0) is 40.5 Å². The Balaban J connectivity index is 2.84. The molecule has 0 atom stereocenters. The van der Waals surface area contributed by atoms with Gasteiger partial charge in [0.05, 0.1) is 0 Å². The van der Waals surface area contributed by atoms with Gasteiger partial charge in [-0.3, -0.25) is 0 Å². The van der Waals surface area contributed by atoms with Crippen molar-refractivity contribution in [3.8, 4) is 0 Å². The Labute approximate surface area is 102 Å². The highest BCUT2D eigenvalue weighted by Crippen LogP contribution is 2.29. The quantitative estimate of drug-likeness (QED) is 0.765. The van der Waals surface area contributed by atoms with E-state index in [1.54, 1.807) is 0 Å². The summed E-state index contributed by atoms with van der Waals surface area (Å²) in [6.07, 6.45) is 6.63. The van der Waals surface area contributed by atoms with Crippen LogP contribution in [0.15, 0.2) is 12.4 Å². The minimum Gasteiger partial charge on any atom is -0.371 e. The Kier molecular flexibility index (Phi) is 3.75. The van der Waals surface area contributed by atoms with Gasteiger partial charge < -0.3 is 14.5 Å². The molecule has 0 aromatic carbocycles. The molecule has 0 radical (unpaired) electrons. The third-order valence-corrected chi connectivity index (χ3v) is 6.97. The summed E-state index contributed by atoms with van der Waals surface area (Å²) in [5, 5.41) is 6.47. The minimum atomic E-state index is -1.51. The third kappa shape index (κ3) is 2.27. The largest absolute Gasteiger partial charge is 0.371 e. The molecule has 0 saturated carbocycles. The van der Waals surface area contributed by atoms with Gasteiger partial charge in [0, 0.05) is 23.5 Å². The summed E-state index contributed by atoms with van der Waals surface area (Å²) in [5.74, 6) is 0. The van der Waals surface area contributed by atoms with Gasteiger partial charge in [0.15, 0.2) is 0 Å². The SMILES string of the molecule is CCC(C)(C)N1C=CN(C(C)(C)CC)[SiH]1N. The highest BCUT2D eigenvalue weighted by Gasteiger charge is 2.39. The fourth-order valence-corrected chi connectivity index (χ4v) is 4.51. The first-order chi connectivity index (χ1) is 7.26. The molecule has 1 heterocycles. The van der Waals surface area contributed by atoms with E-state index in [1.165, 1.54) is 0 Å². The van der Waals surface area contributed by atoms with Crippen LogP contribution in [0.2, 0.25) is 0 Å². The monoisotopic (exact) mass is 241 g/mol. The lowest BCUT2D eigenvalue weighted by Gasteiger charge is -2.44. The minimum absolute atomic E-state index is 0.181. The van der Waals surface area contributed by atoms with E-state index in [-0.39, 0.29) is 11.1 Å². The molecule has 0 unspecified atom stereocenters. The van der Waals surface area contributed by atoms with Crippen molar-refractivity contribution < 1.29 is 0 Å². The van der Waals surface area contributed by atoms with Gasteiger partial charge in [-0.15, -0.1) is 0 Å². The maximum atomic E-state index is 6.47. The summed E-state index contributed by atoms with van der Waals surface area (Å²) in [7, 11) is -1.51. The highest BCUT2D eigenvalue weighted by molar-refractivity contribution is 6.51. The van der Waals surface area contributed by atoms with Crippen LogP contribution in [0.3, 0.4) is 0 Å². The van der Waals surface area contributed by atoms with Crippen LogP contribution in [0.1, 0.15) is 54.4 Å². The molecule has 0 bridgehead atoms. The fourth-order valence-electron chi connectivity index (χ4n) is 1.94. The molecule has 3 nitrogen and oxygen atoms in total. The number of rotatable bonds is 4. The molecule has 0 aromatic rings. The average Bonchev–Trinajstić information content (AvgIpc) is 2.61. The summed E-state index contributed by atoms with van der Waals surface area (Å²) in [6, 6.07) is 0. The smallest absolute Gasteiger partial charge is 0.327 e. The van der Waals surface area contributed by atoms with Gasteiger partial charge in [-0.1, -0.05) is 13.8 Å². The predicted molar refractivity (Wildman–Crippen MR) is 72.9 cm³/mol. The average molecular weight is 241 g/mol. The zero-order valence-corrected chi connectivity index (χ0v) is 12.8. The van der Waals surface area contributed by atoms with Crippen LogP contribution in [-0.4, -0.2) is 29.5 Å². The van der Waals surface area contributed by atoms with Gasteiger partial charge >= 0.3 is 9.28 Å². The number of nitrogens with zero attached hydrogens (tertiary/aromatic N) is 2. The van der Waals surface area contributed by atoms with Crippen molar-refractivity contribution in [2.75, 3.05) is 0 Å². The molecule has 94 valence electrons. The molecule has 0 saturated heterocycles. The lowest BCUT2D eigenvalue weighted by atomic mass is 10.0. The van der Waals surface area contributed by atoms with E-state index < -0.39 is 9.28 Å². The van der Waals surface area contributed by atoms with E-state index in [1.807, 2.05) is 0 Å². The lowest BCUT2D eigenvalue weighted by molar-refractivity contribution is 0.243. The summed E-state index contributed by atoms with van der Waals surface area (Å²) in [4.78, 5) is 0. The zero-order chi connectivity index (χ0) is 12.6. The molecule has 0 spiro atoms. The Morgan fingerprint density at radius 3 is 1.50 bits per heavy atom. The topological polar surface area (TPSA) is 32.5 Å². The molecule has 1 aliphatic heterocycles. The van der Waals surface area contributed by atoms with Crippen LogP contribution in [0.5, 0.6) is 0 Å². The van der Waals surface area contributed by atoms with Gasteiger partial charge in [-0.2, -0.15) is 0 Å². The first-order valence-electron chi connectivity index (χ1n) is 6.27. The van der Waals surface area contributed by atoms with Crippen molar-refractivity contribution in [1.82, 2.24) is 9.13 Å². The second-order valence-corrected chi connectivity index (χ2v) is 7.80. The molecule has 1 aliphatic rings. The summed E-state index contributed by atoms with van der Waals surface area (Å²) >= 11 is 0. The second kappa shape index (κ2) is 4.41. The van der Waals surface area contributed by atoms with Gasteiger partial charge in [0.1, 0.15) is 0 Å². The van der Waals surface area contributed by atoms with Crippen molar-refractivity contribution in [2.45, 2.75) is 65.5 Å². The van der Waals surface area contributed by atoms with E-state index in [9.17, 15) is 0 Å². The van der Waals surface area contributed by atoms with Gasteiger partial charge in [-0.25, -0.2) is 0 Å². The maximum absolute atomic E-state index is 6.47. The van der Waals surface area contributed by atoms with Crippen molar-refractivity contribution in [2.24, 2.45) is 5.40 Å². The first kappa shape index (κ1) is 13.6. The zero-order valence-electron chi connectivity index (χ0n) is 11.6. The molecule has 0 amide bonds. The lowest BCUT2D eigenvalue weighted by Crippen LogP contribution is -2.62. The normalized spacial score (nSPS) is 18.7. The fraction of sp³-hybridized carbons (Fsp3) is 0.833. The van der Waals surface area contributed by atoms with Crippen LogP contribution in [0.4, 0.5) is 0 Å². The molecule has 2 N–H and O–H groups in total. The Morgan fingerprint density at radius 1 is 0.938 bits per heavy atom. The molecule has 1 rings (SSSR count). The highest BCUT2D eigenvalue weighted by atomic mass is 28.3. The van der Waals surface area contributed by atoms with E-state index in [4.69, 9.17) is 5.40 Å². The van der Waals surface area contributed by atoms with E-state index >= 15 is 0 Å². The number of hydrogen-bond donors (Lipinski definition) is 1. The molecule has 0 fully saturated rings. The molecule has 0 aliphatic carbocycles. The van der Waals surface area contributed by atoms with Crippen LogP contribution in [-0.2, 0) is 0 Å². The molecule has 0 aromatic heterocycles. The third-order valence-electron chi connectivity index (χ3n) is 4.09. The van der Waals surface area contributed by atoms with Crippen LogP contribution in [0, 0.1) is 0 Å². The Bertz CT molecular complexity index is 247. The van der Waals surface area contributed by atoms with E-state index in [0.717, 1.165) is 12.8 Å². The van der Waals surface area contributed by atoms with Gasteiger partial charge in [0.25, 0.3) is 0 Å². The summed E-state index contributed by atoms with van der Waals surface area (Å²) in [6.45, 7) is 13.5. The molecular formula is C12H27N3Si. The van der Waals surface area contributed by atoms with Gasteiger partial charge in [0.2, 0.25) is 0 Å². The van der Waals surface area contributed by atoms with Crippen molar-refractivity contribution in [3.05, 3.63) is 12.4 Å². The molecule has 16 heavy (non-hydrogen) atoms. The van der Waals surface area contributed by atoms with Crippen molar-refractivity contribution >= 4 is 9.28 Å². The Morgan fingerprint density at radius 2 is 1.25 bits per heavy atom. The standard InChI is InChI=1S/C12H27N3Si/c1-7-11(3,4)14-9-10-15(16(14)13)12(5,6)8-2/h9-10,16H,7-8,13H2,1-6H3. The molecular weight excluding hydrogens is 214 g/mol. The van der Waals surface area contributed by atoms with Crippen LogP contribution >= 0.6 is 0 Å². The summed E-state index contributed by atoms with van der Waals surface area (Å²) < 4.78 is 4.79. The predicted octanol–water partition coefficient (Wildman–Crippen LogP) is 2.13. The van der Waals surface area contributed by atoms with E-state index in [0.29, 0.717) is 0 Å². The van der Waals surface area contributed by atoms with Crippen molar-refractivity contribution in [1.29, 1.82) is 0 Å².